The van der Waals surface area contributed by atoms with Gasteiger partial charge in [0.15, 0.2) is 6.29 Å². The topological polar surface area (TPSA) is 285 Å². The molecule has 3 radical (unpaired) electrons. The standard InChI is InChI=1S/C12H15FO4.C10H10FNO2.C10H13FO5S.C9H11FO3.C9H9FO3.C8H9FO2.C2H4Cl2O.CH3ClO2S.CH4.B.Na.H/c1-4-17-12(14)7-9-10(15-2)5-8(13)6-11(9)16-3;1-13-9-5-7(11)6-10(14-2)8(9)3-4-12;1-14-9-4-7(11)5-10(15-2)8(9)6-16-17(3,12)13;2*1-12-8-3-6(10)4-9(13-2)7(8)5-11;1-10-7-3-6(9)4-8(5-7)11-2;1-5-2(3)4;1-5(2,3)4;;;;/h5-6H,4,7H2,1-3H3;5-6H,3H2,1-2H3;4-5H,6H2,1-3H3;3-4,11H,5H2,1-2H3;3-5H,1-2H3;3-5H,1-2H3;2H,1H3;1H3;1H4;;;/q;;;;;;;;;;+1;-1. The monoisotopic (exact) mass is 1510 g/mol. The fraction of sp³-hybridized carbons (Fsp3) is 0.371. The minimum atomic E-state index is -3.59. The molecule has 0 amide bonds. The summed E-state index contributed by atoms with van der Waals surface area (Å²) in [6.45, 7) is 1.50. The number of alkyl halides is 2. The van der Waals surface area contributed by atoms with Gasteiger partial charge in [0, 0.05) is 111 Å². The first kappa shape index (κ1) is 99.5. The van der Waals surface area contributed by atoms with Crippen LogP contribution in [0.25, 0.3) is 0 Å². The number of nitriles is 1. The molecule has 6 aromatic carbocycles. The van der Waals surface area contributed by atoms with Crippen LogP contribution in [0.4, 0.5) is 26.3 Å². The van der Waals surface area contributed by atoms with E-state index in [1.54, 1.807) is 13.0 Å². The zero-order valence-electron chi connectivity index (χ0n) is 57.0. The third kappa shape index (κ3) is 40.0. The van der Waals surface area contributed by atoms with Crippen molar-refractivity contribution in [1.82, 2.24) is 0 Å². The number of carbonyl (C=O) groups excluding carboxylic acids is 2. The molecule has 543 valence electrons. The first-order chi connectivity index (χ1) is 44.7. The number of methoxy groups -OCH3 is 13. The number of ether oxygens (including phenoxy) is 14. The number of aliphatic hydroxyl groups excluding tert-OH is 1. The fourth-order valence-electron chi connectivity index (χ4n) is 6.85. The predicted molar refractivity (Wildman–Crippen MR) is 354 cm³/mol. The summed E-state index contributed by atoms with van der Waals surface area (Å²) in [7, 11) is 16.0. The minimum absolute atomic E-state index is 0. The van der Waals surface area contributed by atoms with Gasteiger partial charge in [0.2, 0.25) is 14.1 Å². The van der Waals surface area contributed by atoms with E-state index in [2.05, 4.69) is 19.6 Å². The molecule has 0 atom stereocenters. The van der Waals surface area contributed by atoms with E-state index < -0.39 is 59.2 Å². The van der Waals surface area contributed by atoms with Gasteiger partial charge in [-0.05, 0) is 6.92 Å². The summed E-state index contributed by atoms with van der Waals surface area (Å²) in [5.41, 5.74) is 2.05. The van der Waals surface area contributed by atoms with Gasteiger partial charge in [-0.2, -0.15) is 13.7 Å². The van der Waals surface area contributed by atoms with Crippen LogP contribution in [-0.4, -0.2) is 159 Å². The molecule has 36 heteroatoms. The van der Waals surface area contributed by atoms with E-state index >= 15 is 0 Å². The van der Waals surface area contributed by atoms with Gasteiger partial charge in [0.25, 0.3) is 10.1 Å². The Morgan fingerprint density at radius 1 is 0.520 bits per heavy atom. The van der Waals surface area contributed by atoms with E-state index in [4.69, 9.17) is 95.1 Å². The molecular weight excluding hydrogens is 1430 g/mol. The second kappa shape index (κ2) is 53.8. The molecule has 0 saturated heterocycles. The molecular formula is C62H79BCl3F6NNaO22S2. The molecule has 0 aliphatic carbocycles. The second-order valence-electron chi connectivity index (χ2n) is 17.1. The number of nitrogens with zero attached hydrogens (tertiary/aromatic N) is 1. The molecule has 0 unspecified atom stereocenters. The summed E-state index contributed by atoms with van der Waals surface area (Å²) < 4.78 is 191. The largest absolute Gasteiger partial charge is 1.00 e. The number of benzene rings is 6. The second-order valence-corrected chi connectivity index (χ2v) is 22.9. The Morgan fingerprint density at radius 3 is 1.02 bits per heavy atom. The smallest absolute Gasteiger partial charge is 1.00 e. The average molecular weight is 1510 g/mol. The van der Waals surface area contributed by atoms with Gasteiger partial charge in [-0.15, -0.1) is 0 Å². The Labute approximate surface area is 608 Å². The predicted octanol–water partition coefficient (Wildman–Crippen LogP) is 8.96. The SMILES string of the molecule is C.CCOC(=O)Cc1c(OC)cc(F)cc1OC.COC(Cl)Cl.COc1cc(F)cc(OC)c1.COc1cc(F)cc(OC)c1C=O.COc1cc(F)cc(OC)c1CC#N.COc1cc(F)cc(OC)c1CO.COc1cc(F)cc(OC)c1COS(C)(=O)=O.CS(=O)(=O)Cl.[B].[H-].[Na+]. The fourth-order valence-corrected chi connectivity index (χ4v) is 7.18. The van der Waals surface area contributed by atoms with Crippen molar-refractivity contribution in [2.45, 2.75) is 45.4 Å². The van der Waals surface area contributed by atoms with Crippen LogP contribution >= 0.6 is 33.9 Å². The van der Waals surface area contributed by atoms with E-state index in [0.717, 1.165) is 36.8 Å². The minimum Gasteiger partial charge on any atom is -1.00 e. The summed E-state index contributed by atoms with van der Waals surface area (Å²) in [6, 6.07) is 18.0. The maximum atomic E-state index is 13.2. The molecule has 0 bridgehead atoms. The van der Waals surface area contributed by atoms with Crippen LogP contribution in [0.5, 0.6) is 69.0 Å². The summed E-state index contributed by atoms with van der Waals surface area (Å²) in [4.78, 5) is 22.0. The first-order valence-corrected chi connectivity index (χ1v) is 31.7. The van der Waals surface area contributed by atoms with Crippen molar-refractivity contribution in [2.75, 3.05) is 112 Å². The Hall–Kier alpha value is -7.16. The number of carbonyl (C=O) groups is 2. The van der Waals surface area contributed by atoms with Crippen LogP contribution < -0.4 is 86.4 Å². The van der Waals surface area contributed by atoms with Crippen LogP contribution in [-0.2, 0) is 63.7 Å². The van der Waals surface area contributed by atoms with Crippen molar-refractivity contribution >= 4 is 73.7 Å². The molecule has 0 fully saturated rings. The van der Waals surface area contributed by atoms with Gasteiger partial charge >= 0.3 is 35.5 Å². The summed E-state index contributed by atoms with van der Waals surface area (Å²) in [5.74, 6) is 0.226. The third-order valence-electron chi connectivity index (χ3n) is 10.9. The Bertz CT molecular complexity index is 3460. The number of rotatable bonds is 22. The molecule has 0 heterocycles. The van der Waals surface area contributed by atoms with Crippen molar-refractivity contribution in [1.29, 1.82) is 5.26 Å². The van der Waals surface area contributed by atoms with E-state index in [0.29, 0.717) is 69.6 Å². The number of esters is 1. The third-order valence-corrected chi connectivity index (χ3v) is 11.8. The first-order valence-electron chi connectivity index (χ1n) is 26.3. The van der Waals surface area contributed by atoms with E-state index in [-0.39, 0.29) is 119 Å². The molecule has 6 rings (SSSR count). The van der Waals surface area contributed by atoms with E-state index in [1.165, 1.54) is 141 Å². The van der Waals surface area contributed by atoms with Crippen LogP contribution in [0, 0.1) is 46.2 Å². The van der Waals surface area contributed by atoms with Gasteiger partial charge < -0.3 is 72.8 Å². The maximum absolute atomic E-state index is 13.2. The molecule has 98 heavy (non-hydrogen) atoms. The number of hydrogen-bond acceptors (Lipinski definition) is 23. The van der Waals surface area contributed by atoms with Crippen LogP contribution in [0.1, 0.15) is 48.4 Å². The zero-order valence-corrected chi connectivity index (χ0v) is 61.9. The Balaban J connectivity index is -0.000000254. The summed E-state index contributed by atoms with van der Waals surface area (Å²) >= 11 is 10.0. The Morgan fingerprint density at radius 2 is 0.786 bits per heavy atom. The summed E-state index contributed by atoms with van der Waals surface area (Å²) in [6.07, 6.45) is 2.54. The molecule has 0 spiro atoms. The summed E-state index contributed by atoms with van der Waals surface area (Å²) in [5, 5.41) is 16.9. The normalized spacial score (nSPS) is 9.69. The van der Waals surface area contributed by atoms with Crippen LogP contribution in [0.3, 0.4) is 0 Å². The van der Waals surface area contributed by atoms with Crippen molar-refractivity contribution in [3.8, 4) is 75.1 Å². The van der Waals surface area contributed by atoms with Gasteiger partial charge in [-0.3, -0.25) is 13.8 Å². The van der Waals surface area contributed by atoms with Crippen molar-refractivity contribution in [3.63, 3.8) is 0 Å². The number of halogens is 9. The van der Waals surface area contributed by atoms with Gasteiger partial charge in [-0.1, -0.05) is 30.6 Å². The Kier molecular flexibility index (Phi) is 54.6. The van der Waals surface area contributed by atoms with E-state index in [1.807, 2.05) is 6.07 Å². The average Bonchev–Trinajstić information content (AvgIpc) is 0.863. The van der Waals surface area contributed by atoms with E-state index in [9.17, 15) is 52.8 Å². The molecule has 0 aliphatic rings. The molecule has 0 aromatic heterocycles. The molecule has 23 nitrogen and oxygen atoms in total. The van der Waals surface area contributed by atoms with Crippen molar-refractivity contribution in [3.05, 3.63) is 142 Å². The molecule has 1 N–H and O–H groups in total. The quantitative estimate of drug-likeness (QED) is 0.0126. The number of aldehydes is 1. The van der Waals surface area contributed by atoms with Crippen molar-refractivity contribution in [2.24, 2.45) is 0 Å². The number of hydrogen-bond donors (Lipinski definition) is 1. The van der Waals surface area contributed by atoms with Crippen molar-refractivity contribution < 1.29 is 159 Å². The maximum Gasteiger partial charge on any atom is 1.00 e. The van der Waals surface area contributed by atoms with Gasteiger partial charge in [0.05, 0.1) is 159 Å². The zero-order chi connectivity index (χ0) is 73.2. The van der Waals surface area contributed by atoms with Gasteiger partial charge in [0.1, 0.15) is 104 Å². The van der Waals surface area contributed by atoms with Crippen LogP contribution in [0.2, 0.25) is 0 Å². The number of aliphatic hydroxyl groups is 1. The molecule has 6 aromatic rings. The molecule has 0 saturated carbocycles. The van der Waals surface area contributed by atoms with Gasteiger partial charge in [-0.25, -0.2) is 34.8 Å². The van der Waals surface area contributed by atoms with Crippen LogP contribution in [0.15, 0.2) is 78.9 Å². The molecule has 0 aliphatic heterocycles.